The number of carbonyl (C=O) groups excluding carboxylic acids is 5. The molecule has 3 unspecified atom stereocenters. The number of Topliss-reactive ketones (excluding diaryl/α,β-unsaturated/α-hetero) is 4. The Morgan fingerprint density at radius 1 is 0.982 bits per heavy atom. The highest BCUT2D eigenvalue weighted by atomic mass is 16.5. The molecular weight excluding hydrogens is 722 g/mol. The number of anilines is 1. The van der Waals surface area contributed by atoms with Crippen molar-refractivity contribution in [2.24, 2.45) is 29.4 Å². The molecule has 0 spiro atoms. The molecule has 14 nitrogen and oxygen atoms in total. The molecule has 3 aliphatic carbocycles. The Bertz CT molecular complexity index is 1920. The zero-order valence-electron chi connectivity index (χ0n) is 32.7. The predicted octanol–water partition coefficient (Wildman–Crippen LogP) is 2.76. The van der Waals surface area contributed by atoms with E-state index in [1.807, 2.05) is 18.2 Å². The van der Waals surface area contributed by atoms with Gasteiger partial charge in [0.15, 0.2) is 34.7 Å². The van der Waals surface area contributed by atoms with Crippen LogP contribution in [0.1, 0.15) is 79.4 Å². The number of aromatic hydroxyl groups is 1. The van der Waals surface area contributed by atoms with Gasteiger partial charge in [-0.3, -0.25) is 28.9 Å². The molecule has 1 heterocycles. The summed E-state index contributed by atoms with van der Waals surface area (Å²) in [6, 6.07) is 5.42. The average molecular weight is 776 g/mol. The number of ketones is 4. The van der Waals surface area contributed by atoms with Crippen LogP contribution in [-0.2, 0) is 23.9 Å². The number of amides is 1. The first-order chi connectivity index (χ1) is 26.7. The van der Waals surface area contributed by atoms with Crippen LogP contribution >= 0.6 is 0 Å². The molecule has 0 radical (unpaired) electrons. The second kappa shape index (κ2) is 16.5. The quantitative estimate of drug-likeness (QED) is 0.131. The fourth-order valence-electron chi connectivity index (χ4n) is 9.07. The number of unbranched alkanes of at least 4 members (excludes halogenated alkanes) is 2. The maximum Gasteiger partial charge on any atom is 0.235 e. The number of hydrogen-bond acceptors (Lipinski definition) is 13. The van der Waals surface area contributed by atoms with Crippen molar-refractivity contribution < 1.29 is 53.5 Å². The lowest BCUT2D eigenvalue weighted by Gasteiger charge is -2.56. The number of phenolic OH excluding ortho intramolecular Hbond substituents is 1. The van der Waals surface area contributed by atoms with Crippen molar-refractivity contribution in [3.63, 3.8) is 0 Å². The number of fused-ring (bicyclic) bond motifs is 3. The number of likely N-dealkylation sites (N-methyl/N-ethyl adjacent to an activating group) is 1. The standard InChI is InChI=1S/C42H53N3O11/c1-6-8-16-55-27-21-25(45-14-18-54-19-15-45)28(56-17-9-7-2)20-24(27)11-10-23-12-13-26(46)31-29(23)22(3)30-32(36(31)47)39(50)42(53)34(37(30)48)35(44(4)5)38(49)33(40(42)51)41(43)52/h10-13,20-22,30,32-35,37,46,48,53H,6-9,14-19H2,1-5H3,(H2,43,52)/t22?,30-,32?,33?,34-,35+,37+,42+/m0/s1. The van der Waals surface area contributed by atoms with Crippen molar-refractivity contribution in [2.75, 3.05) is 58.5 Å². The molecule has 8 atom stereocenters. The van der Waals surface area contributed by atoms with Crippen LogP contribution in [0.3, 0.4) is 0 Å². The number of primary amides is 1. The van der Waals surface area contributed by atoms with E-state index in [1.54, 1.807) is 19.1 Å². The summed E-state index contributed by atoms with van der Waals surface area (Å²) in [4.78, 5) is 72.0. The van der Waals surface area contributed by atoms with E-state index in [9.17, 15) is 39.3 Å². The fourth-order valence-corrected chi connectivity index (χ4v) is 9.07. The van der Waals surface area contributed by atoms with Crippen molar-refractivity contribution in [1.29, 1.82) is 0 Å². The second-order valence-corrected chi connectivity index (χ2v) is 15.5. The maximum atomic E-state index is 14.4. The fraction of sp³-hybridized carbons (Fsp3) is 0.548. The third-order valence-corrected chi connectivity index (χ3v) is 11.9. The molecule has 1 saturated heterocycles. The lowest BCUT2D eigenvalue weighted by Crippen LogP contribution is -2.77. The Labute approximate surface area is 326 Å². The van der Waals surface area contributed by atoms with Crippen molar-refractivity contribution >= 4 is 46.9 Å². The molecule has 3 fully saturated rings. The number of nitrogens with zero attached hydrogens (tertiary/aromatic N) is 2. The highest BCUT2D eigenvalue weighted by molar-refractivity contribution is 6.32. The van der Waals surface area contributed by atoms with Crippen LogP contribution in [0.5, 0.6) is 17.2 Å². The molecule has 302 valence electrons. The SMILES string of the molecule is CCCCOc1cc(N2CCOCC2)c(OCCCC)cc1C=Cc1ccc(O)c2c1C(C)[C@H]1C(C2=O)C(=O)[C@@]2(O)C(=O)C(C(N)=O)C(=O)[C@H](N(C)C)[C@H]2[C@@H]1O. The molecule has 1 amide bonds. The molecule has 2 aromatic carbocycles. The van der Waals surface area contributed by atoms with Gasteiger partial charge >= 0.3 is 0 Å². The highest BCUT2D eigenvalue weighted by Gasteiger charge is 2.73. The number of morpholine rings is 1. The van der Waals surface area contributed by atoms with Crippen LogP contribution in [-0.4, -0.2) is 121 Å². The van der Waals surface area contributed by atoms with Gasteiger partial charge in [-0.1, -0.05) is 51.8 Å². The normalized spacial score (nSPS) is 29.0. The number of nitrogens with two attached hydrogens (primary N) is 1. The Hall–Kier alpha value is -4.63. The minimum Gasteiger partial charge on any atom is -0.507 e. The van der Waals surface area contributed by atoms with Crippen LogP contribution in [0.15, 0.2) is 24.3 Å². The molecule has 56 heavy (non-hydrogen) atoms. The van der Waals surface area contributed by atoms with E-state index < -0.39 is 82.1 Å². The number of phenols is 1. The first-order valence-electron chi connectivity index (χ1n) is 19.5. The Balaban J connectivity index is 1.45. The smallest absolute Gasteiger partial charge is 0.235 e. The van der Waals surface area contributed by atoms with Gasteiger partial charge < -0.3 is 40.2 Å². The minimum atomic E-state index is -3.07. The van der Waals surface area contributed by atoms with Crippen LogP contribution in [0, 0.1) is 23.7 Å². The van der Waals surface area contributed by atoms with Crippen molar-refractivity contribution in [3.05, 3.63) is 46.5 Å². The lowest BCUT2D eigenvalue weighted by atomic mass is 9.49. The third kappa shape index (κ3) is 6.90. The van der Waals surface area contributed by atoms with Gasteiger partial charge in [0.05, 0.1) is 61.7 Å². The summed E-state index contributed by atoms with van der Waals surface area (Å²) in [7, 11) is 2.92. The molecular formula is C42H53N3O11. The van der Waals surface area contributed by atoms with Gasteiger partial charge in [0.25, 0.3) is 0 Å². The lowest BCUT2D eigenvalue weighted by molar-refractivity contribution is -0.196. The summed E-state index contributed by atoms with van der Waals surface area (Å²) in [6.45, 7) is 9.43. The third-order valence-electron chi connectivity index (χ3n) is 11.9. The van der Waals surface area contributed by atoms with Gasteiger partial charge in [0, 0.05) is 30.6 Å². The van der Waals surface area contributed by atoms with Crippen molar-refractivity contribution in [2.45, 2.75) is 70.1 Å². The van der Waals surface area contributed by atoms with Crippen LogP contribution in [0.2, 0.25) is 0 Å². The molecule has 2 aromatic rings. The molecule has 1 aliphatic heterocycles. The van der Waals surface area contributed by atoms with Gasteiger partial charge in [0.1, 0.15) is 17.2 Å². The number of benzene rings is 2. The molecule has 0 aromatic heterocycles. The second-order valence-electron chi connectivity index (χ2n) is 15.5. The highest BCUT2D eigenvalue weighted by Crippen LogP contribution is 2.55. The number of carbonyl (C=O) groups is 5. The predicted molar refractivity (Wildman–Crippen MR) is 207 cm³/mol. The summed E-state index contributed by atoms with van der Waals surface area (Å²) in [6.07, 6.45) is 5.46. The van der Waals surface area contributed by atoms with Crippen molar-refractivity contribution in [1.82, 2.24) is 4.90 Å². The van der Waals surface area contributed by atoms with E-state index in [4.69, 9.17) is 19.9 Å². The number of aliphatic hydroxyl groups is 2. The molecule has 0 bridgehead atoms. The summed E-state index contributed by atoms with van der Waals surface area (Å²) in [5, 5.41) is 35.2. The molecule has 6 rings (SSSR count). The average Bonchev–Trinajstić information content (AvgIpc) is 3.16. The molecule has 4 aliphatic rings. The van der Waals surface area contributed by atoms with E-state index in [1.165, 1.54) is 25.1 Å². The van der Waals surface area contributed by atoms with E-state index >= 15 is 0 Å². The maximum absolute atomic E-state index is 14.4. The topological polar surface area (TPSA) is 206 Å². The number of hydrogen-bond donors (Lipinski definition) is 4. The van der Waals surface area contributed by atoms with Gasteiger partial charge in [-0.05, 0) is 56.1 Å². The number of rotatable bonds is 13. The minimum absolute atomic E-state index is 0.177. The zero-order valence-corrected chi connectivity index (χ0v) is 32.7. The molecule has 2 saturated carbocycles. The summed E-state index contributed by atoms with van der Waals surface area (Å²) in [5.74, 6) is -12.6. The van der Waals surface area contributed by atoms with Gasteiger partial charge in [-0.15, -0.1) is 0 Å². The van der Waals surface area contributed by atoms with Crippen LogP contribution in [0.25, 0.3) is 12.2 Å². The number of ether oxygens (including phenoxy) is 3. The molecule has 5 N–H and O–H groups in total. The summed E-state index contributed by atoms with van der Waals surface area (Å²) in [5.41, 5.74) is 4.65. The first-order valence-corrected chi connectivity index (χ1v) is 19.5. The van der Waals surface area contributed by atoms with Gasteiger partial charge in [-0.2, -0.15) is 0 Å². The van der Waals surface area contributed by atoms with Crippen LogP contribution < -0.4 is 20.1 Å². The van der Waals surface area contributed by atoms with E-state index in [0.29, 0.717) is 67.7 Å². The van der Waals surface area contributed by atoms with Crippen molar-refractivity contribution in [3.8, 4) is 17.2 Å². The van der Waals surface area contributed by atoms with E-state index in [2.05, 4.69) is 18.7 Å². The van der Waals surface area contributed by atoms with E-state index in [-0.39, 0.29) is 5.56 Å². The molecule has 14 heteroatoms. The Kier molecular flexibility index (Phi) is 12.1. The number of aliphatic hydroxyl groups excluding tert-OH is 1. The van der Waals surface area contributed by atoms with Crippen LogP contribution in [0.4, 0.5) is 5.69 Å². The summed E-state index contributed by atoms with van der Waals surface area (Å²) >= 11 is 0. The monoisotopic (exact) mass is 775 g/mol. The van der Waals surface area contributed by atoms with Gasteiger partial charge in [-0.25, -0.2) is 0 Å². The largest absolute Gasteiger partial charge is 0.507 e. The Morgan fingerprint density at radius 3 is 2.21 bits per heavy atom. The summed E-state index contributed by atoms with van der Waals surface area (Å²) < 4.78 is 18.3. The zero-order chi connectivity index (χ0) is 40.6. The first kappa shape index (κ1) is 41.0. The van der Waals surface area contributed by atoms with E-state index in [0.717, 1.165) is 31.4 Å². The Morgan fingerprint density at radius 2 is 1.61 bits per heavy atom. The van der Waals surface area contributed by atoms with Gasteiger partial charge in [0.2, 0.25) is 5.91 Å².